The van der Waals surface area contributed by atoms with Crippen LogP contribution < -0.4 is 5.32 Å². The second-order valence-electron chi connectivity index (χ2n) is 6.46. The van der Waals surface area contributed by atoms with E-state index in [4.69, 9.17) is 0 Å². The van der Waals surface area contributed by atoms with Crippen molar-refractivity contribution >= 4 is 0 Å². The van der Waals surface area contributed by atoms with E-state index in [1.54, 1.807) is 6.20 Å². The van der Waals surface area contributed by atoms with Gasteiger partial charge in [0.1, 0.15) is 0 Å². The van der Waals surface area contributed by atoms with E-state index >= 15 is 0 Å². The SMILES string of the molecule is CC1CCCC(C)C1NCc1ccc(-c2ccn[nH]2)cc1. The van der Waals surface area contributed by atoms with Gasteiger partial charge in [0.25, 0.3) is 0 Å². The Morgan fingerprint density at radius 1 is 1.10 bits per heavy atom. The molecule has 2 atom stereocenters. The summed E-state index contributed by atoms with van der Waals surface area (Å²) in [4.78, 5) is 0. The monoisotopic (exact) mass is 283 g/mol. The molecule has 1 aliphatic rings. The van der Waals surface area contributed by atoms with Gasteiger partial charge in [-0.1, -0.05) is 44.5 Å². The Morgan fingerprint density at radius 2 is 1.81 bits per heavy atom. The van der Waals surface area contributed by atoms with Crippen molar-refractivity contribution in [3.63, 3.8) is 0 Å². The summed E-state index contributed by atoms with van der Waals surface area (Å²) in [5.74, 6) is 1.58. The summed E-state index contributed by atoms with van der Waals surface area (Å²) in [5.41, 5.74) is 3.61. The smallest absolute Gasteiger partial charge is 0.0650 e. The molecular weight excluding hydrogens is 258 g/mol. The van der Waals surface area contributed by atoms with Crippen LogP contribution in [0.3, 0.4) is 0 Å². The van der Waals surface area contributed by atoms with Crippen LogP contribution in [0.1, 0.15) is 38.7 Å². The standard InChI is InChI=1S/C18H25N3/c1-13-4-3-5-14(2)18(13)19-12-15-6-8-16(9-7-15)17-10-11-20-21-17/h6-11,13-14,18-19H,3-5,12H2,1-2H3,(H,20,21). The largest absolute Gasteiger partial charge is 0.309 e. The highest BCUT2D eigenvalue weighted by molar-refractivity contribution is 5.58. The van der Waals surface area contributed by atoms with Gasteiger partial charge in [0.2, 0.25) is 0 Å². The summed E-state index contributed by atoms with van der Waals surface area (Å²) < 4.78 is 0. The molecule has 1 fully saturated rings. The number of rotatable bonds is 4. The average Bonchev–Trinajstić information content (AvgIpc) is 3.02. The molecule has 1 aliphatic carbocycles. The van der Waals surface area contributed by atoms with Gasteiger partial charge in [-0.15, -0.1) is 0 Å². The number of hydrogen-bond acceptors (Lipinski definition) is 2. The first-order chi connectivity index (χ1) is 10.2. The highest BCUT2D eigenvalue weighted by atomic mass is 15.1. The molecule has 0 aliphatic heterocycles. The molecule has 0 saturated heterocycles. The van der Waals surface area contributed by atoms with E-state index in [9.17, 15) is 0 Å². The van der Waals surface area contributed by atoms with Gasteiger partial charge in [-0.25, -0.2) is 0 Å². The van der Waals surface area contributed by atoms with Gasteiger partial charge in [0, 0.05) is 18.8 Å². The van der Waals surface area contributed by atoms with Crippen LogP contribution in [-0.4, -0.2) is 16.2 Å². The number of H-pyrrole nitrogens is 1. The lowest BCUT2D eigenvalue weighted by Gasteiger charge is -2.35. The van der Waals surface area contributed by atoms with Gasteiger partial charge in [-0.2, -0.15) is 5.10 Å². The van der Waals surface area contributed by atoms with Crippen LogP contribution >= 0.6 is 0 Å². The topological polar surface area (TPSA) is 40.7 Å². The first kappa shape index (κ1) is 14.3. The Hall–Kier alpha value is -1.61. The van der Waals surface area contributed by atoms with E-state index in [1.807, 2.05) is 6.07 Å². The number of nitrogens with zero attached hydrogens (tertiary/aromatic N) is 1. The zero-order chi connectivity index (χ0) is 14.7. The maximum atomic E-state index is 4.00. The molecule has 0 bridgehead atoms. The third kappa shape index (κ3) is 3.35. The van der Waals surface area contributed by atoms with Gasteiger partial charge < -0.3 is 5.32 Å². The summed E-state index contributed by atoms with van der Waals surface area (Å²) >= 11 is 0. The lowest BCUT2D eigenvalue weighted by molar-refractivity contribution is 0.207. The Morgan fingerprint density at radius 3 is 2.43 bits per heavy atom. The number of benzene rings is 1. The van der Waals surface area contributed by atoms with Crippen molar-refractivity contribution < 1.29 is 0 Å². The Balaban J connectivity index is 1.60. The van der Waals surface area contributed by atoms with Crippen LogP contribution in [0.4, 0.5) is 0 Å². The summed E-state index contributed by atoms with van der Waals surface area (Å²) in [7, 11) is 0. The minimum atomic E-state index is 0.658. The zero-order valence-corrected chi connectivity index (χ0v) is 13.0. The Bertz CT molecular complexity index is 534. The van der Waals surface area contributed by atoms with Crippen LogP contribution in [0.15, 0.2) is 36.5 Å². The molecule has 1 aromatic heterocycles. The molecule has 1 heterocycles. The van der Waals surface area contributed by atoms with Crippen molar-refractivity contribution in [2.75, 3.05) is 0 Å². The highest BCUT2D eigenvalue weighted by Crippen LogP contribution is 2.29. The molecule has 2 unspecified atom stereocenters. The van der Waals surface area contributed by atoms with E-state index in [0.29, 0.717) is 6.04 Å². The molecular formula is C18H25N3. The Kier molecular flexibility index (Phi) is 4.39. The number of aromatic amines is 1. The van der Waals surface area contributed by atoms with Gasteiger partial charge in [-0.3, -0.25) is 5.10 Å². The predicted molar refractivity (Wildman–Crippen MR) is 86.8 cm³/mol. The number of nitrogens with one attached hydrogen (secondary N) is 2. The third-order valence-corrected chi connectivity index (χ3v) is 4.85. The summed E-state index contributed by atoms with van der Waals surface area (Å²) in [6.07, 6.45) is 5.90. The van der Waals surface area contributed by atoms with Crippen molar-refractivity contribution in [1.29, 1.82) is 0 Å². The molecule has 2 aromatic rings. The van der Waals surface area contributed by atoms with Gasteiger partial charge in [0.05, 0.1) is 5.69 Å². The van der Waals surface area contributed by atoms with Crippen molar-refractivity contribution in [1.82, 2.24) is 15.5 Å². The molecule has 112 valence electrons. The second kappa shape index (κ2) is 6.44. The van der Waals surface area contributed by atoms with Crippen molar-refractivity contribution in [3.8, 4) is 11.3 Å². The molecule has 3 rings (SSSR count). The molecule has 1 aromatic carbocycles. The number of aromatic nitrogens is 2. The normalized spacial score (nSPS) is 25.9. The lowest BCUT2D eigenvalue weighted by atomic mass is 9.78. The van der Waals surface area contributed by atoms with Crippen LogP contribution in [0.2, 0.25) is 0 Å². The predicted octanol–water partition coefficient (Wildman–Crippen LogP) is 3.99. The first-order valence-corrected chi connectivity index (χ1v) is 8.06. The maximum Gasteiger partial charge on any atom is 0.0650 e. The minimum Gasteiger partial charge on any atom is -0.309 e. The van der Waals surface area contributed by atoms with E-state index in [-0.39, 0.29) is 0 Å². The van der Waals surface area contributed by atoms with Crippen LogP contribution in [-0.2, 0) is 6.54 Å². The molecule has 2 N–H and O–H groups in total. The fourth-order valence-electron chi connectivity index (χ4n) is 3.54. The van der Waals surface area contributed by atoms with Crippen molar-refractivity contribution in [3.05, 3.63) is 42.1 Å². The van der Waals surface area contributed by atoms with Crippen LogP contribution in [0.5, 0.6) is 0 Å². The molecule has 0 amide bonds. The lowest BCUT2D eigenvalue weighted by Crippen LogP contribution is -2.42. The first-order valence-electron chi connectivity index (χ1n) is 8.06. The zero-order valence-electron chi connectivity index (χ0n) is 13.0. The summed E-state index contributed by atoms with van der Waals surface area (Å²) in [6.45, 7) is 5.73. The van der Waals surface area contributed by atoms with Gasteiger partial charge in [-0.05, 0) is 41.9 Å². The van der Waals surface area contributed by atoms with E-state index < -0.39 is 0 Å². The Labute approximate surface area is 127 Å². The van der Waals surface area contributed by atoms with Crippen LogP contribution in [0.25, 0.3) is 11.3 Å². The number of hydrogen-bond donors (Lipinski definition) is 2. The molecule has 0 spiro atoms. The molecule has 0 radical (unpaired) electrons. The maximum absolute atomic E-state index is 4.00. The van der Waals surface area contributed by atoms with Crippen LogP contribution in [0, 0.1) is 11.8 Å². The summed E-state index contributed by atoms with van der Waals surface area (Å²) in [6, 6.07) is 11.4. The van der Waals surface area contributed by atoms with E-state index in [0.717, 1.165) is 24.1 Å². The molecule has 3 nitrogen and oxygen atoms in total. The molecule has 3 heteroatoms. The van der Waals surface area contributed by atoms with Gasteiger partial charge >= 0.3 is 0 Å². The second-order valence-corrected chi connectivity index (χ2v) is 6.46. The average molecular weight is 283 g/mol. The third-order valence-electron chi connectivity index (χ3n) is 4.85. The fourth-order valence-corrected chi connectivity index (χ4v) is 3.54. The molecule has 21 heavy (non-hydrogen) atoms. The fraction of sp³-hybridized carbons (Fsp3) is 0.500. The van der Waals surface area contributed by atoms with Crippen molar-refractivity contribution in [2.45, 2.75) is 45.7 Å². The van der Waals surface area contributed by atoms with Crippen molar-refractivity contribution in [2.24, 2.45) is 11.8 Å². The minimum absolute atomic E-state index is 0.658. The van der Waals surface area contributed by atoms with E-state index in [2.05, 4.69) is 53.6 Å². The quantitative estimate of drug-likeness (QED) is 0.890. The highest BCUT2D eigenvalue weighted by Gasteiger charge is 2.26. The van der Waals surface area contributed by atoms with Gasteiger partial charge in [0.15, 0.2) is 0 Å². The van der Waals surface area contributed by atoms with E-state index in [1.165, 1.54) is 30.4 Å². The summed E-state index contributed by atoms with van der Waals surface area (Å²) in [5, 5.41) is 10.8. The molecule has 1 saturated carbocycles.